The average Bonchev–Trinajstić information content (AvgIpc) is 2.69. The van der Waals surface area contributed by atoms with Gasteiger partial charge in [-0.3, -0.25) is 9.78 Å². The summed E-state index contributed by atoms with van der Waals surface area (Å²) in [6.45, 7) is 0.653. The van der Waals surface area contributed by atoms with Crippen molar-refractivity contribution in [1.82, 2.24) is 15.2 Å². The monoisotopic (exact) mass is 372 g/mol. The second kappa shape index (κ2) is 8.19. The number of hydrogen-bond acceptors (Lipinski definition) is 3. The molecule has 0 bridgehead atoms. The molecule has 1 atom stereocenters. The van der Waals surface area contributed by atoms with Crippen molar-refractivity contribution < 1.29 is 9.59 Å². The number of nitrogens with zero attached hydrogens (tertiary/aromatic N) is 2. The first-order chi connectivity index (χ1) is 12.6. The summed E-state index contributed by atoms with van der Waals surface area (Å²) in [6.07, 6.45) is 4.61. The highest BCUT2D eigenvalue weighted by molar-refractivity contribution is 6.33. The van der Waals surface area contributed by atoms with Gasteiger partial charge in [-0.05, 0) is 49.6 Å². The summed E-state index contributed by atoms with van der Waals surface area (Å²) in [5.41, 5.74) is 1.74. The average molecular weight is 373 g/mol. The molecule has 1 aromatic heterocycles. The van der Waals surface area contributed by atoms with Crippen molar-refractivity contribution in [2.24, 2.45) is 0 Å². The molecule has 1 aromatic carbocycles. The lowest BCUT2D eigenvalue weighted by Gasteiger charge is -2.35. The van der Waals surface area contributed by atoms with Crippen LogP contribution in [0.4, 0.5) is 10.5 Å². The van der Waals surface area contributed by atoms with Crippen LogP contribution in [0.3, 0.4) is 0 Å². The van der Waals surface area contributed by atoms with E-state index in [1.165, 1.54) is 0 Å². The van der Waals surface area contributed by atoms with Crippen LogP contribution in [0.5, 0.6) is 0 Å². The fourth-order valence-electron chi connectivity index (χ4n) is 3.15. The molecule has 1 fully saturated rings. The van der Waals surface area contributed by atoms with E-state index >= 15 is 0 Å². The highest BCUT2D eigenvalue weighted by Gasteiger charge is 2.29. The lowest BCUT2D eigenvalue weighted by atomic mass is 9.99. The number of benzene rings is 1. The lowest BCUT2D eigenvalue weighted by Crippen LogP contribution is -2.41. The van der Waals surface area contributed by atoms with Crippen LogP contribution in [0, 0.1) is 0 Å². The van der Waals surface area contributed by atoms with E-state index in [9.17, 15) is 9.59 Å². The molecule has 6 nitrogen and oxygen atoms in total. The van der Waals surface area contributed by atoms with Crippen LogP contribution in [-0.2, 0) is 0 Å². The summed E-state index contributed by atoms with van der Waals surface area (Å²) < 4.78 is 0. The fraction of sp³-hybridized carbons (Fsp3) is 0.316. The highest BCUT2D eigenvalue weighted by Crippen LogP contribution is 2.31. The molecule has 1 unspecified atom stereocenters. The number of pyridine rings is 1. The maximum absolute atomic E-state index is 12.9. The first-order valence-corrected chi connectivity index (χ1v) is 8.98. The Bertz CT molecular complexity index is 797. The predicted octanol–water partition coefficient (Wildman–Crippen LogP) is 3.85. The summed E-state index contributed by atoms with van der Waals surface area (Å²) in [7, 11) is 1.56. The van der Waals surface area contributed by atoms with Crippen LogP contribution in [0.1, 0.15) is 41.4 Å². The molecule has 3 amide bonds. The van der Waals surface area contributed by atoms with E-state index in [-0.39, 0.29) is 18.0 Å². The topological polar surface area (TPSA) is 74.3 Å². The molecule has 0 aliphatic carbocycles. The zero-order valence-electron chi connectivity index (χ0n) is 14.5. The molecule has 136 valence electrons. The standard InChI is InChI=1S/C19H21ClN4O2/c1-21-18(25)13-8-9-14(20)16(12-13)23-19(26)24-11-5-3-7-17(24)15-6-2-4-10-22-15/h2,4,6,8-10,12,17H,3,5,7,11H2,1H3,(H,21,25)(H,23,26). The molecule has 1 aliphatic rings. The van der Waals surface area contributed by atoms with E-state index in [0.717, 1.165) is 25.0 Å². The number of carbonyl (C=O) groups excluding carboxylic acids is 2. The number of halogens is 1. The number of amides is 3. The van der Waals surface area contributed by atoms with E-state index in [4.69, 9.17) is 11.6 Å². The molecule has 2 N–H and O–H groups in total. The zero-order valence-corrected chi connectivity index (χ0v) is 15.3. The van der Waals surface area contributed by atoms with E-state index < -0.39 is 0 Å². The van der Waals surface area contributed by atoms with Gasteiger partial charge in [0.2, 0.25) is 0 Å². The third kappa shape index (κ3) is 3.96. The summed E-state index contributed by atoms with van der Waals surface area (Å²) in [6, 6.07) is 10.2. The van der Waals surface area contributed by atoms with E-state index in [1.807, 2.05) is 18.2 Å². The van der Waals surface area contributed by atoms with Crippen LogP contribution in [0.25, 0.3) is 0 Å². The first-order valence-electron chi connectivity index (χ1n) is 8.60. The molecule has 0 spiro atoms. The molecule has 3 rings (SSSR count). The number of likely N-dealkylation sites (tertiary alicyclic amines) is 1. The molecule has 1 saturated heterocycles. The Kier molecular flexibility index (Phi) is 5.73. The molecule has 2 aromatic rings. The Labute approximate surface area is 157 Å². The van der Waals surface area contributed by atoms with Crippen molar-refractivity contribution in [3.05, 3.63) is 58.9 Å². The van der Waals surface area contributed by atoms with Crippen LogP contribution in [0.2, 0.25) is 5.02 Å². The summed E-state index contributed by atoms with van der Waals surface area (Å²) in [5, 5.41) is 5.79. The van der Waals surface area contributed by atoms with Gasteiger partial charge in [0.05, 0.1) is 22.4 Å². The zero-order chi connectivity index (χ0) is 18.5. The fourth-order valence-corrected chi connectivity index (χ4v) is 3.31. The summed E-state index contributed by atoms with van der Waals surface area (Å²) in [4.78, 5) is 30.9. The number of nitrogens with one attached hydrogen (secondary N) is 2. The summed E-state index contributed by atoms with van der Waals surface area (Å²) >= 11 is 6.20. The molecule has 2 heterocycles. The van der Waals surface area contributed by atoms with Crippen LogP contribution >= 0.6 is 11.6 Å². The Balaban J connectivity index is 1.81. The summed E-state index contributed by atoms with van der Waals surface area (Å²) in [5.74, 6) is -0.235. The number of piperidine rings is 1. The third-order valence-electron chi connectivity index (χ3n) is 4.49. The first kappa shape index (κ1) is 18.2. The predicted molar refractivity (Wildman–Crippen MR) is 101 cm³/mol. The molecule has 0 saturated carbocycles. The number of urea groups is 1. The number of hydrogen-bond donors (Lipinski definition) is 2. The third-order valence-corrected chi connectivity index (χ3v) is 4.82. The highest BCUT2D eigenvalue weighted by atomic mass is 35.5. The van der Waals surface area contributed by atoms with Gasteiger partial charge in [0.25, 0.3) is 5.91 Å². The lowest BCUT2D eigenvalue weighted by molar-refractivity contribution is 0.0963. The minimum Gasteiger partial charge on any atom is -0.355 e. The molecular formula is C19H21ClN4O2. The Hall–Kier alpha value is -2.60. The molecule has 0 radical (unpaired) electrons. The SMILES string of the molecule is CNC(=O)c1ccc(Cl)c(NC(=O)N2CCCCC2c2ccccn2)c1. The number of rotatable bonds is 3. The molecule has 1 aliphatic heterocycles. The largest absolute Gasteiger partial charge is 0.355 e. The minimum atomic E-state index is -0.240. The van der Waals surface area contributed by atoms with Crippen LogP contribution in [-0.4, -0.2) is 35.4 Å². The Morgan fingerprint density at radius 2 is 2.08 bits per heavy atom. The van der Waals surface area contributed by atoms with Gasteiger partial charge < -0.3 is 15.5 Å². The van der Waals surface area contributed by atoms with Gasteiger partial charge in [0.15, 0.2) is 0 Å². The van der Waals surface area contributed by atoms with Gasteiger partial charge in [-0.25, -0.2) is 4.79 Å². The van der Waals surface area contributed by atoms with Gasteiger partial charge in [0.1, 0.15) is 0 Å². The van der Waals surface area contributed by atoms with Crippen molar-refractivity contribution in [2.75, 3.05) is 18.9 Å². The quantitative estimate of drug-likeness (QED) is 0.859. The molecule has 26 heavy (non-hydrogen) atoms. The van der Waals surface area contributed by atoms with Crippen molar-refractivity contribution in [2.45, 2.75) is 25.3 Å². The van der Waals surface area contributed by atoms with Crippen LogP contribution in [0.15, 0.2) is 42.6 Å². The number of carbonyl (C=O) groups is 2. The van der Waals surface area contributed by atoms with Crippen molar-refractivity contribution in [3.8, 4) is 0 Å². The van der Waals surface area contributed by atoms with Gasteiger partial charge in [0, 0.05) is 25.4 Å². The minimum absolute atomic E-state index is 0.0640. The van der Waals surface area contributed by atoms with E-state index in [1.54, 1.807) is 36.3 Å². The van der Waals surface area contributed by atoms with E-state index in [0.29, 0.717) is 22.8 Å². The number of anilines is 1. The Morgan fingerprint density at radius 3 is 2.81 bits per heavy atom. The molecule has 7 heteroatoms. The smallest absolute Gasteiger partial charge is 0.322 e. The van der Waals surface area contributed by atoms with Gasteiger partial charge in [-0.15, -0.1) is 0 Å². The second-order valence-corrected chi connectivity index (χ2v) is 6.57. The Morgan fingerprint density at radius 1 is 1.23 bits per heavy atom. The normalized spacial score (nSPS) is 16.8. The maximum Gasteiger partial charge on any atom is 0.322 e. The second-order valence-electron chi connectivity index (χ2n) is 6.16. The van der Waals surface area contributed by atoms with E-state index in [2.05, 4.69) is 15.6 Å². The van der Waals surface area contributed by atoms with Gasteiger partial charge >= 0.3 is 6.03 Å². The van der Waals surface area contributed by atoms with Crippen molar-refractivity contribution >= 4 is 29.2 Å². The van der Waals surface area contributed by atoms with Gasteiger partial charge in [-0.1, -0.05) is 17.7 Å². The van der Waals surface area contributed by atoms with Gasteiger partial charge in [-0.2, -0.15) is 0 Å². The maximum atomic E-state index is 12.9. The number of aromatic nitrogens is 1. The van der Waals surface area contributed by atoms with Crippen LogP contribution < -0.4 is 10.6 Å². The van der Waals surface area contributed by atoms with Crippen molar-refractivity contribution in [1.29, 1.82) is 0 Å². The van der Waals surface area contributed by atoms with Crippen molar-refractivity contribution in [3.63, 3.8) is 0 Å². The molecular weight excluding hydrogens is 352 g/mol.